The van der Waals surface area contributed by atoms with Crippen LogP contribution in [0.2, 0.25) is 0 Å². The molecule has 32 heavy (non-hydrogen) atoms. The van der Waals surface area contributed by atoms with Crippen LogP contribution in [0.4, 0.5) is 5.69 Å². The highest BCUT2D eigenvalue weighted by Crippen LogP contribution is 2.29. The fourth-order valence-electron chi connectivity index (χ4n) is 3.28. The van der Waals surface area contributed by atoms with E-state index in [2.05, 4.69) is 49.6 Å². The van der Waals surface area contributed by atoms with Crippen LogP contribution in [-0.4, -0.2) is 19.6 Å². The van der Waals surface area contributed by atoms with Crippen LogP contribution >= 0.6 is 0 Å². The molecule has 3 rings (SSSR count). The molecule has 2 N–H and O–H groups in total. The SMILES string of the molecule is COc1cc(CNc2cccc(C(=O)NCC(C)C)c2)ccc1OCc1cccc(C)c1. The van der Waals surface area contributed by atoms with Crippen molar-refractivity contribution in [1.29, 1.82) is 0 Å². The maximum atomic E-state index is 12.3. The van der Waals surface area contributed by atoms with E-state index in [9.17, 15) is 4.79 Å². The van der Waals surface area contributed by atoms with Crippen LogP contribution in [0.3, 0.4) is 0 Å². The number of hydrogen-bond acceptors (Lipinski definition) is 4. The standard InChI is InChI=1S/C27H32N2O3/c1-19(2)16-29-27(30)23-9-6-10-24(15-23)28-17-21-11-12-25(26(14-21)31-4)32-18-22-8-5-7-20(3)13-22/h5-15,19,28H,16-18H2,1-4H3,(H,29,30). The number of aryl methyl sites for hydroxylation is 1. The summed E-state index contributed by atoms with van der Waals surface area (Å²) < 4.78 is 11.5. The second kappa shape index (κ2) is 11.2. The number of nitrogens with one attached hydrogen (secondary N) is 2. The van der Waals surface area contributed by atoms with E-state index in [1.54, 1.807) is 7.11 Å². The summed E-state index contributed by atoms with van der Waals surface area (Å²) in [5.74, 6) is 1.76. The van der Waals surface area contributed by atoms with Crippen molar-refractivity contribution in [1.82, 2.24) is 5.32 Å². The van der Waals surface area contributed by atoms with Gasteiger partial charge in [-0.1, -0.05) is 55.8 Å². The molecule has 0 saturated carbocycles. The lowest BCUT2D eigenvalue weighted by molar-refractivity contribution is 0.0949. The molecule has 0 fully saturated rings. The van der Waals surface area contributed by atoms with Gasteiger partial charge in [0.25, 0.3) is 5.91 Å². The molecule has 3 aromatic carbocycles. The Morgan fingerprint density at radius 3 is 2.50 bits per heavy atom. The van der Waals surface area contributed by atoms with Gasteiger partial charge in [-0.05, 0) is 54.3 Å². The van der Waals surface area contributed by atoms with Gasteiger partial charge in [-0.2, -0.15) is 0 Å². The predicted molar refractivity (Wildman–Crippen MR) is 129 cm³/mol. The fourth-order valence-corrected chi connectivity index (χ4v) is 3.28. The zero-order valence-electron chi connectivity index (χ0n) is 19.3. The molecule has 3 aromatic rings. The Kier molecular flexibility index (Phi) is 8.14. The van der Waals surface area contributed by atoms with Gasteiger partial charge < -0.3 is 20.1 Å². The maximum Gasteiger partial charge on any atom is 0.251 e. The molecule has 5 heteroatoms. The highest BCUT2D eigenvalue weighted by molar-refractivity contribution is 5.95. The van der Waals surface area contributed by atoms with E-state index in [1.807, 2.05) is 48.5 Å². The van der Waals surface area contributed by atoms with E-state index < -0.39 is 0 Å². The van der Waals surface area contributed by atoms with Crippen molar-refractivity contribution in [2.75, 3.05) is 19.0 Å². The van der Waals surface area contributed by atoms with Gasteiger partial charge in [0.15, 0.2) is 11.5 Å². The number of hydrogen-bond donors (Lipinski definition) is 2. The molecule has 5 nitrogen and oxygen atoms in total. The highest BCUT2D eigenvalue weighted by atomic mass is 16.5. The van der Waals surface area contributed by atoms with E-state index in [4.69, 9.17) is 9.47 Å². The second-order valence-electron chi connectivity index (χ2n) is 8.30. The first-order valence-corrected chi connectivity index (χ1v) is 10.9. The van der Waals surface area contributed by atoms with Crippen molar-refractivity contribution in [3.8, 4) is 11.5 Å². The van der Waals surface area contributed by atoms with Gasteiger partial charge in [-0.25, -0.2) is 0 Å². The summed E-state index contributed by atoms with van der Waals surface area (Å²) >= 11 is 0. The van der Waals surface area contributed by atoms with Crippen LogP contribution < -0.4 is 20.1 Å². The first-order chi connectivity index (χ1) is 15.4. The predicted octanol–water partition coefficient (Wildman–Crippen LogP) is 5.58. The monoisotopic (exact) mass is 432 g/mol. The van der Waals surface area contributed by atoms with E-state index in [0.29, 0.717) is 42.7 Å². The molecule has 0 aromatic heterocycles. The quantitative estimate of drug-likeness (QED) is 0.439. The Morgan fingerprint density at radius 1 is 0.938 bits per heavy atom. The minimum Gasteiger partial charge on any atom is -0.493 e. The number of carbonyl (C=O) groups excluding carboxylic acids is 1. The minimum absolute atomic E-state index is 0.0564. The van der Waals surface area contributed by atoms with E-state index in [-0.39, 0.29) is 5.91 Å². The lowest BCUT2D eigenvalue weighted by atomic mass is 10.1. The summed E-state index contributed by atoms with van der Waals surface area (Å²) in [4.78, 5) is 12.3. The maximum absolute atomic E-state index is 12.3. The molecule has 0 atom stereocenters. The molecule has 0 aliphatic rings. The second-order valence-corrected chi connectivity index (χ2v) is 8.30. The van der Waals surface area contributed by atoms with Gasteiger partial charge in [-0.15, -0.1) is 0 Å². The van der Waals surface area contributed by atoms with E-state index in [0.717, 1.165) is 16.8 Å². The zero-order chi connectivity index (χ0) is 22.9. The first-order valence-electron chi connectivity index (χ1n) is 10.9. The highest BCUT2D eigenvalue weighted by Gasteiger charge is 2.09. The Morgan fingerprint density at radius 2 is 1.75 bits per heavy atom. The van der Waals surface area contributed by atoms with E-state index in [1.165, 1.54) is 5.56 Å². The van der Waals surface area contributed by atoms with Crippen LogP contribution in [-0.2, 0) is 13.2 Å². The molecule has 1 amide bonds. The molecule has 0 aliphatic heterocycles. The summed E-state index contributed by atoms with van der Waals surface area (Å²) in [7, 11) is 1.64. The molecule has 0 aliphatic carbocycles. The van der Waals surface area contributed by atoms with Crippen LogP contribution in [0.15, 0.2) is 66.7 Å². The molecule has 0 unspecified atom stereocenters. The van der Waals surface area contributed by atoms with Gasteiger partial charge in [-0.3, -0.25) is 4.79 Å². The van der Waals surface area contributed by atoms with Crippen molar-refractivity contribution >= 4 is 11.6 Å². The smallest absolute Gasteiger partial charge is 0.251 e. The Labute approximate surface area is 190 Å². The number of ether oxygens (including phenoxy) is 2. The van der Waals surface area contributed by atoms with Gasteiger partial charge in [0.2, 0.25) is 0 Å². The lowest BCUT2D eigenvalue weighted by Gasteiger charge is -2.14. The summed E-state index contributed by atoms with van der Waals surface area (Å²) in [6.45, 7) is 7.97. The van der Waals surface area contributed by atoms with Crippen LogP contribution in [0.1, 0.15) is 40.9 Å². The lowest BCUT2D eigenvalue weighted by Crippen LogP contribution is -2.27. The van der Waals surface area contributed by atoms with Gasteiger partial charge >= 0.3 is 0 Å². The van der Waals surface area contributed by atoms with Crippen LogP contribution in [0.25, 0.3) is 0 Å². The molecule has 0 spiro atoms. The normalized spacial score (nSPS) is 10.7. The van der Waals surface area contributed by atoms with E-state index >= 15 is 0 Å². The van der Waals surface area contributed by atoms with Gasteiger partial charge in [0.1, 0.15) is 6.61 Å². The fraction of sp³-hybridized carbons (Fsp3) is 0.296. The Bertz CT molecular complexity index is 1050. The largest absolute Gasteiger partial charge is 0.493 e. The number of amides is 1. The summed E-state index contributed by atoms with van der Waals surface area (Å²) in [5, 5.41) is 6.33. The van der Waals surface area contributed by atoms with Crippen molar-refractivity contribution in [2.24, 2.45) is 5.92 Å². The Balaban J connectivity index is 1.61. The van der Waals surface area contributed by atoms with Crippen molar-refractivity contribution in [3.63, 3.8) is 0 Å². The average Bonchev–Trinajstić information content (AvgIpc) is 2.80. The minimum atomic E-state index is -0.0564. The average molecular weight is 433 g/mol. The summed E-state index contributed by atoms with van der Waals surface area (Å²) in [6, 6.07) is 21.7. The topological polar surface area (TPSA) is 59.6 Å². The third-order valence-corrected chi connectivity index (χ3v) is 5.00. The summed E-state index contributed by atoms with van der Waals surface area (Å²) in [6.07, 6.45) is 0. The zero-order valence-corrected chi connectivity index (χ0v) is 19.3. The number of methoxy groups -OCH3 is 1. The van der Waals surface area contributed by atoms with Crippen LogP contribution in [0.5, 0.6) is 11.5 Å². The number of carbonyl (C=O) groups is 1. The third kappa shape index (κ3) is 6.77. The molecular weight excluding hydrogens is 400 g/mol. The third-order valence-electron chi connectivity index (χ3n) is 5.00. The molecular formula is C27H32N2O3. The van der Waals surface area contributed by atoms with Gasteiger partial charge in [0, 0.05) is 24.3 Å². The van der Waals surface area contributed by atoms with Crippen molar-refractivity contribution in [2.45, 2.75) is 33.9 Å². The Hall–Kier alpha value is -3.47. The molecule has 0 bridgehead atoms. The molecule has 0 saturated heterocycles. The summed E-state index contributed by atoms with van der Waals surface area (Å²) in [5.41, 5.74) is 4.92. The number of benzene rings is 3. The van der Waals surface area contributed by atoms with Crippen molar-refractivity contribution in [3.05, 3.63) is 89.0 Å². The molecule has 0 heterocycles. The van der Waals surface area contributed by atoms with Crippen molar-refractivity contribution < 1.29 is 14.3 Å². The van der Waals surface area contributed by atoms with Crippen LogP contribution in [0, 0.1) is 12.8 Å². The first kappa shape index (κ1) is 23.2. The van der Waals surface area contributed by atoms with Gasteiger partial charge in [0.05, 0.1) is 7.11 Å². The molecule has 0 radical (unpaired) electrons. The number of rotatable bonds is 10. The molecule has 168 valence electrons. The number of anilines is 1.